The Balaban J connectivity index is 0. The van der Waals surface area contributed by atoms with Crippen molar-refractivity contribution in [2.75, 3.05) is 0 Å². The smallest absolute Gasteiger partial charge is 1.00 e. The molecule has 1 aliphatic carbocycles. The molecule has 0 bridgehead atoms. The third kappa shape index (κ3) is 3.96. The van der Waals surface area contributed by atoms with Gasteiger partial charge in [-0.2, -0.15) is 5.56 Å². The van der Waals surface area contributed by atoms with Crippen molar-refractivity contribution in [1.82, 2.24) is 0 Å². The Bertz CT molecular complexity index is 310. The molecular weight excluding hydrogens is 263 g/mol. The molecule has 0 spiro atoms. The molecule has 0 N–H and O–H groups in total. The third-order valence-corrected chi connectivity index (χ3v) is 2.39. The van der Waals surface area contributed by atoms with E-state index in [1.54, 1.807) is 0 Å². The minimum atomic E-state index is 0. The molecule has 0 nitrogen and oxygen atoms in total. The van der Waals surface area contributed by atoms with Crippen molar-refractivity contribution in [3.63, 3.8) is 0 Å². The molecule has 0 heterocycles. The molecule has 0 aliphatic heterocycles. The van der Waals surface area contributed by atoms with Gasteiger partial charge in [0, 0.05) is 0 Å². The van der Waals surface area contributed by atoms with Crippen LogP contribution in [0, 0.1) is 6.08 Å². The van der Waals surface area contributed by atoms with Crippen LogP contribution in [-0.4, -0.2) is 0 Å². The Morgan fingerprint density at radius 1 is 1.20 bits per heavy atom. The van der Waals surface area contributed by atoms with E-state index in [9.17, 15) is 0 Å². The zero-order valence-electron chi connectivity index (χ0n) is 8.63. The minimum absolute atomic E-state index is 0. The van der Waals surface area contributed by atoms with Crippen LogP contribution in [0.2, 0.25) is 0 Å². The SMILES string of the molecule is CCCC1[C-]=Cc2ccccc21.[Cl-].[Cl-].[Ti+3]. The van der Waals surface area contributed by atoms with Crippen LogP contribution in [0.15, 0.2) is 24.3 Å². The van der Waals surface area contributed by atoms with Crippen LogP contribution in [-0.2, 0) is 21.7 Å². The Morgan fingerprint density at radius 3 is 2.53 bits per heavy atom. The fourth-order valence-electron chi connectivity index (χ4n) is 1.77. The molecule has 1 atom stereocenters. The molecule has 79 valence electrons. The maximum absolute atomic E-state index is 3.40. The van der Waals surface area contributed by atoms with E-state index in [2.05, 4.69) is 43.3 Å². The van der Waals surface area contributed by atoms with Gasteiger partial charge in [0.15, 0.2) is 0 Å². The van der Waals surface area contributed by atoms with Crippen molar-refractivity contribution in [3.8, 4) is 0 Å². The van der Waals surface area contributed by atoms with Crippen LogP contribution in [0.5, 0.6) is 0 Å². The molecule has 0 fully saturated rings. The summed E-state index contributed by atoms with van der Waals surface area (Å²) in [7, 11) is 0. The van der Waals surface area contributed by atoms with E-state index in [0.29, 0.717) is 5.92 Å². The molecule has 1 radical (unpaired) electrons. The van der Waals surface area contributed by atoms with E-state index in [4.69, 9.17) is 0 Å². The van der Waals surface area contributed by atoms with Gasteiger partial charge in [-0.1, -0.05) is 43.9 Å². The standard InChI is InChI=1S/C12H13.2ClH.Ti/c1-2-5-10-8-9-11-6-3-4-7-12(10)11;;;/h3-4,6-7,9-10H,2,5H2,1H3;2*1H;/q-1;;;+3/p-2. The van der Waals surface area contributed by atoms with E-state index in [0.717, 1.165) is 0 Å². The summed E-state index contributed by atoms with van der Waals surface area (Å²) >= 11 is 0. The quantitative estimate of drug-likeness (QED) is 0.411. The molecule has 1 aromatic rings. The summed E-state index contributed by atoms with van der Waals surface area (Å²) in [5.74, 6) is 0.561. The first-order chi connectivity index (χ1) is 5.92. The predicted molar refractivity (Wildman–Crippen MR) is 51.8 cm³/mol. The van der Waals surface area contributed by atoms with Gasteiger partial charge in [-0.15, -0.1) is 11.6 Å². The summed E-state index contributed by atoms with van der Waals surface area (Å²) in [5.41, 5.74) is 2.82. The molecule has 0 saturated carbocycles. The molecule has 0 amide bonds. The van der Waals surface area contributed by atoms with E-state index in [1.165, 1.54) is 24.0 Å². The van der Waals surface area contributed by atoms with Crippen LogP contribution in [0.4, 0.5) is 0 Å². The number of benzene rings is 1. The zero-order valence-corrected chi connectivity index (χ0v) is 11.7. The minimum Gasteiger partial charge on any atom is -1.00 e. The van der Waals surface area contributed by atoms with Crippen molar-refractivity contribution < 1.29 is 46.5 Å². The molecule has 2 rings (SSSR count). The first-order valence-corrected chi connectivity index (χ1v) is 4.60. The number of hydrogen-bond donors (Lipinski definition) is 0. The van der Waals surface area contributed by atoms with Crippen LogP contribution in [0.3, 0.4) is 0 Å². The fourth-order valence-corrected chi connectivity index (χ4v) is 1.77. The summed E-state index contributed by atoms with van der Waals surface area (Å²) in [6, 6.07) is 8.58. The Kier molecular flexibility index (Phi) is 9.89. The maximum Gasteiger partial charge on any atom is 3.00 e. The number of hydrogen-bond acceptors (Lipinski definition) is 0. The summed E-state index contributed by atoms with van der Waals surface area (Å²) in [6.45, 7) is 2.22. The van der Waals surface area contributed by atoms with E-state index in [1.807, 2.05) is 0 Å². The number of fused-ring (bicyclic) bond motifs is 1. The van der Waals surface area contributed by atoms with Crippen molar-refractivity contribution in [2.24, 2.45) is 0 Å². The normalized spacial score (nSPS) is 15.7. The number of halogens is 2. The number of rotatable bonds is 2. The Labute approximate surface area is 119 Å². The van der Waals surface area contributed by atoms with Crippen molar-refractivity contribution in [3.05, 3.63) is 41.5 Å². The van der Waals surface area contributed by atoms with Crippen molar-refractivity contribution >= 4 is 6.08 Å². The molecule has 0 aromatic heterocycles. The van der Waals surface area contributed by atoms with Crippen LogP contribution in [0.1, 0.15) is 36.8 Å². The van der Waals surface area contributed by atoms with Gasteiger partial charge >= 0.3 is 21.7 Å². The summed E-state index contributed by atoms with van der Waals surface area (Å²) in [4.78, 5) is 0. The molecule has 1 unspecified atom stereocenters. The second-order valence-corrected chi connectivity index (χ2v) is 3.28. The van der Waals surface area contributed by atoms with Crippen molar-refractivity contribution in [2.45, 2.75) is 25.7 Å². The van der Waals surface area contributed by atoms with Gasteiger partial charge in [0.2, 0.25) is 0 Å². The number of allylic oxidation sites excluding steroid dienone is 1. The van der Waals surface area contributed by atoms with Gasteiger partial charge in [0.1, 0.15) is 0 Å². The molecule has 1 aliphatic rings. The van der Waals surface area contributed by atoms with E-state index >= 15 is 0 Å². The molecule has 1 aromatic carbocycles. The van der Waals surface area contributed by atoms with Gasteiger partial charge in [-0.3, -0.25) is 6.08 Å². The Hall–Kier alpha value is 0.254. The Morgan fingerprint density at radius 2 is 1.87 bits per heavy atom. The average Bonchev–Trinajstić information content (AvgIpc) is 2.50. The summed E-state index contributed by atoms with van der Waals surface area (Å²) in [5, 5.41) is 0. The molecule has 0 saturated heterocycles. The van der Waals surface area contributed by atoms with Crippen LogP contribution in [0.25, 0.3) is 6.08 Å². The third-order valence-electron chi connectivity index (χ3n) is 2.39. The van der Waals surface area contributed by atoms with Crippen molar-refractivity contribution in [1.29, 1.82) is 0 Å². The first-order valence-electron chi connectivity index (χ1n) is 4.60. The fraction of sp³-hybridized carbons (Fsp3) is 0.333. The summed E-state index contributed by atoms with van der Waals surface area (Å²) in [6.07, 6.45) is 7.98. The monoisotopic (exact) mass is 275 g/mol. The van der Waals surface area contributed by atoms with Gasteiger partial charge < -0.3 is 24.8 Å². The van der Waals surface area contributed by atoms with Crippen LogP contribution >= 0.6 is 0 Å². The maximum atomic E-state index is 3.40. The van der Waals surface area contributed by atoms with Gasteiger partial charge in [0.05, 0.1) is 0 Å². The van der Waals surface area contributed by atoms with Gasteiger partial charge in [0.25, 0.3) is 0 Å². The van der Waals surface area contributed by atoms with Gasteiger partial charge in [-0.25, -0.2) is 6.08 Å². The van der Waals surface area contributed by atoms with E-state index in [-0.39, 0.29) is 46.5 Å². The topological polar surface area (TPSA) is 0 Å². The summed E-state index contributed by atoms with van der Waals surface area (Å²) < 4.78 is 0. The first kappa shape index (κ1) is 17.6. The second kappa shape index (κ2) is 8.41. The zero-order chi connectivity index (χ0) is 8.39. The largest absolute Gasteiger partial charge is 3.00 e. The van der Waals surface area contributed by atoms with E-state index < -0.39 is 0 Å². The molecular formula is C12H13Cl2Ti. The average molecular weight is 276 g/mol. The second-order valence-electron chi connectivity index (χ2n) is 3.28. The molecule has 3 heteroatoms. The van der Waals surface area contributed by atoms with Gasteiger partial charge in [-0.05, 0) is 0 Å². The predicted octanol–water partition coefficient (Wildman–Crippen LogP) is -2.59. The van der Waals surface area contributed by atoms with Crippen LogP contribution < -0.4 is 24.8 Å². The molecule has 15 heavy (non-hydrogen) atoms.